The molecular formula is C14H16N4O2S. The van der Waals surface area contributed by atoms with Crippen LogP contribution >= 0.6 is 11.3 Å². The van der Waals surface area contributed by atoms with Gasteiger partial charge in [0, 0.05) is 19.2 Å². The number of aliphatic hydroxyl groups excluding tert-OH is 1. The summed E-state index contributed by atoms with van der Waals surface area (Å²) in [6, 6.07) is 0. The fourth-order valence-electron chi connectivity index (χ4n) is 1.86. The molecule has 0 aromatic carbocycles. The lowest BCUT2D eigenvalue weighted by molar-refractivity contribution is 0.102. The highest BCUT2D eigenvalue weighted by molar-refractivity contribution is 7.16. The maximum atomic E-state index is 12.3. The van der Waals surface area contributed by atoms with Crippen LogP contribution in [-0.2, 0) is 7.05 Å². The van der Waals surface area contributed by atoms with Crippen molar-refractivity contribution < 1.29 is 9.90 Å². The highest BCUT2D eigenvalue weighted by atomic mass is 32.1. The molecule has 2 rings (SSSR count). The van der Waals surface area contributed by atoms with Gasteiger partial charge < -0.3 is 5.11 Å². The Labute approximate surface area is 126 Å². The number of carbonyl (C=O) groups is 1. The predicted octanol–water partition coefficient (Wildman–Crippen LogP) is 1.48. The molecule has 0 radical (unpaired) electrons. The van der Waals surface area contributed by atoms with E-state index in [1.165, 1.54) is 11.3 Å². The van der Waals surface area contributed by atoms with Gasteiger partial charge in [0.1, 0.15) is 0 Å². The van der Waals surface area contributed by atoms with Crippen molar-refractivity contribution >= 4 is 22.4 Å². The van der Waals surface area contributed by atoms with Crippen LogP contribution in [0, 0.1) is 25.7 Å². The molecule has 0 spiro atoms. The van der Waals surface area contributed by atoms with Crippen LogP contribution in [0.25, 0.3) is 0 Å². The molecule has 2 heterocycles. The van der Waals surface area contributed by atoms with E-state index in [0.29, 0.717) is 22.8 Å². The molecule has 0 aliphatic rings. The first-order chi connectivity index (χ1) is 10.0. The van der Waals surface area contributed by atoms with E-state index in [1.54, 1.807) is 24.9 Å². The number of thiazole rings is 1. The predicted molar refractivity (Wildman–Crippen MR) is 81.3 cm³/mol. The van der Waals surface area contributed by atoms with Crippen LogP contribution in [0.3, 0.4) is 0 Å². The van der Waals surface area contributed by atoms with Crippen molar-refractivity contribution in [3.8, 4) is 11.8 Å². The van der Waals surface area contributed by atoms with Crippen molar-refractivity contribution in [2.75, 3.05) is 11.9 Å². The van der Waals surface area contributed by atoms with Crippen LogP contribution in [0.4, 0.5) is 5.13 Å². The molecule has 110 valence electrons. The molecule has 0 saturated heterocycles. The van der Waals surface area contributed by atoms with Crippen LogP contribution < -0.4 is 5.32 Å². The lowest BCUT2D eigenvalue weighted by Gasteiger charge is -2.01. The third-order valence-corrected chi connectivity index (χ3v) is 3.74. The van der Waals surface area contributed by atoms with Crippen LogP contribution in [0.5, 0.6) is 0 Å². The number of rotatable bonds is 3. The Bertz CT molecular complexity index is 721. The molecular weight excluding hydrogens is 288 g/mol. The van der Waals surface area contributed by atoms with Crippen LogP contribution in [-0.4, -0.2) is 32.4 Å². The number of aryl methyl sites for hydroxylation is 2. The van der Waals surface area contributed by atoms with Gasteiger partial charge in [-0.3, -0.25) is 14.8 Å². The Hall–Kier alpha value is -2.17. The Kier molecular flexibility index (Phi) is 4.73. The molecule has 0 saturated carbocycles. The van der Waals surface area contributed by atoms with Gasteiger partial charge in [-0.15, -0.1) is 0 Å². The summed E-state index contributed by atoms with van der Waals surface area (Å²) in [5.41, 5.74) is 2.07. The van der Waals surface area contributed by atoms with Gasteiger partial charge in [-0.1, -0.05) is 23.2 Å². The van der Waals surface area contributed by atoms with E-state index >= 15 is 0 Å². The molecule has 6 nitrogen and oxygen atoms in total. The number of amides is 1. The Morgan fingerprint density at radius 2 is 2.29 bits per heavy atom. The zero-order valence-electron chi connectivity index (χ0n) is 12.1. The summed E-state index contributed by atoms with van der Waals surface area (Å²) >= 11 is 1.30. The van der Waals surface area contributed by atoms with Crippen LogP contribution in [0.15, 0.2) is 6.20 Å². The summed E-state index contributed by atoms with van der Waals surface area (Å²) in [5, 5.41) is 16.1. The molecule has 0 aliphatic heterocycles. The fraction of sp³-hybridized carbons (Fsp3) is 0.357. The summed E-state index contributed by atoms with van der Waals surface area (Å²) in [5.74, 6) is 5.48. The van der Waals surface area contributed by atoms with Gasteiger partial charge in [-0.05, 0) is 13.8 Å². The first kappa shape index (κ1) is 15.2. The number of aliphatic hydroxyl groups is 1. The fourth-order valence-corrected chi connectivity index (χ4v) is 2.54. The highest BCUT2D eigenvalue weighted by Gasteiger charge is 2.18. The monoisotopic (exact) mass is 304 g/mol. The van der Waals surface area contributed by atoms with E-state index in [4.69, 9.17) is 5.11 Å². The highest BCUT2D eigenvalue weighted by Crippen LogP contribution is 2.19. The number of carbonyl (C=O) groups excluding carboxylic acids is 1. The maximum absolute atomic E-state index is 12.3. The van der Waals surface area contributed by atoms with Gasteiger partial charge in [0.25, 0.3) is 5.91 Å². The van der Waals surface area contributed by atoms with Gasteiger partial charge in [0.2, 0.25) is 0 Å². The standard InChI is InChI=1S/C14H16N4O2S/c1-9-12(10(2)18(3)17-9)13(20)16-14-15-8-11(21-14)6-4-5-7-19/h8,19H,5,7H2,1-3H3,(H,15,16,20). The number of nitrogens with one attached hydrogen (secondary N) is 1. The van der Waals surface area contributed by atoms with E-state index in [9.17, 15) is 4.79 Å². The molecule has 0 fully saturated rings. The van der Waals surface area contributed by atoms with Crippen molar-refractivity contribution in [1.29, 1.82) is 0 Å². The minimum Gasteiger partial charge on any atom is -0.395 e. The minimum absolute atomic E-state index is 0.0367. The number of hydrogen-bond acceptors (Lipinski definition) is 5. The van der Waals surface area contributed by atoms with Crippen LogP contribution in [0.1, 0.15) is 33.0 Å². The van der Waals surface area contributed by atoms with Gasteiger partial charge >= 0.3 is 0 Å². The van der Waals surface area contributed by atoms with Gasteiger partial charge in [0.15, 0.2) is 5.13 Å². The second kappa shape index (κ2) is 6.52. The van der Waals surface area contributed by atoms with Crippen molar-refractivity contribution in [3.05, 3.63) is 28.0 Å². The summed E-state index contributed by atoms with van der Waals surface area (Å²) in [4.78, 5) is 17.1. The normalized spacial score (nSPS) is 10.1. The van der Waals surface area contributed by atoms with Gasteiger partial charge in [-0.25, -0.2) is 4.98 Å². The third-order valence-electron chi connectivity index (χ3n) is 2.91. The number of aromatic nitrogens is 3. The van der Waals surface area contributed by atoms with Gasteiger partial charge in [0.05, 0.1) is 28.9 Å². The Morgan fingerprint density at radius 1 is 1.52 bits per heavy atom. The van der Waals surface area contributed by atoms with E-state index < -0.39 is 0 Å². The smallest absolute Gasteiger partial charge is 0.261 e. The van der Waals surface area contributed by atoms with Crippen molar-refractivity contribution in [3.63, 3.8) is 0 Å². The quantitative estimate of drug-likeness (QED) is 0.842. The summed E-state index contributed by atoms with van der Waals surface area (Å²) < 4.78 is 1.68. The zero-order valence-corrected chi connectivity index (χ0v) is 12.9. The molecule has 1 amide bonds. The van der Waals surface area contributed by atoms with E-state index in [0.717, 1.165) is 10.6 Å². The number of nitrogens with zero attached hydrogens (tertiary/aromatic N) is 3. The molecule has 2 aromatic rings. The molecule has 2 N–H and O–H groups in total. The first-order valence-electron chi connectivity index (χ1n) is 6.40. The first-order valence-corrected chi connectivity index (χ1v) is 7.21. The van der Waals surface area contributed by atoms with E-state index in [-0.39, 0.29) is 12.5 Å². The molecule has 0 unspecified atom stereocenters. The average Bonchev–Trinajstić information content (AvgIpc) is 2.96. The van der Waals surface area contributed by atoms with E-state index in [2.05, 4.69) is 27.2 Å². The van der Waals surface area contributed by atoms with Crippen molar-refractivity contribution in [2.45, 2.75) is 20.3 Å². The van der Waals surface area contributed by atoms with E-state index in [1.807, 2.05) is 6.92 Å². The Morgan fingerprint density at radius 3 is 2.90 bits per heavy atom. The second-order valence-corrected chi connectivity index (χ2v) is 5.46. The number of anilines is 1. The molecule has 0 bridgehead atoms. The molecule has 2 aromatic heterocycles. The molecule has 21 heavy (non-hydrogen) atoms. The minimum atomic E-state index is -0.220. The third kappa shape index (κ3) is 3.48. The topological polar surface area (TPSA) is 80.0 Å². The Balaban J connectivity index is 2.12. The van der Waals surface area contributed by atoms with Crippen molar-refractivity contribution in [1.82, 2.24) is 14.8 Å². The second-order valence-electron chi connectivity index (χ2n) is 4.43. The summed E-state index contributed by atoms with van der Waals surface area (Å²) in [7, 11) is 1.80. The largest absolute Gasteiger partial charge is 0.395 e. The lowest BCUT2D eigenvalue weighted by Crippen LogP contribution is -2.13. The maximum Gasteiger partial charge on any atom is 0.261 e. The summed E-state index contributed by atoms with van der Waals surface area (Å²) in [6.45, 7) is 3.69. The molecule has 0 atom stereocenters. The summed E-state index contributed by atoms with van der Waals surface area (Å²) in [6.07, 6.45) is 2.03. The van der Waals surface area contributed by atoms with Crippen molar-refractivity contribution in [2.24, 2.45) is 7.05 Å². The SMILES string of the molecule is Cc1nn(C)c(C)c1C(=O)Nc1ncc(C#CCCO)s1. The van der Waals surface area contributed by atoms with Crippen LogP contribution in [0.2, 0.25) is 0 Å². The average molecular weight is 304 g/mol. The zero-order chi connectivity index (χ0) is 15.4. The molecule has 0 aliphatic carbocycles. The number of hydrogen-bond donors (Lipinski definition) is 2. The molecule has 7 heteroatoms. The lowest BCUT2D eigenvalue weighted by atomic mass is 10.2. The van der Waals surface area contributed by atoms with Gasteiger partial charge in [-0.2, -0.15) is 5.10 Å².